The zero-order valence-electron chi connectivity index (χ0n) is 10.4. The van der Waals surface area contributed by atoms with Crippen LogP contribution in [0.4, 0.5) is 0 Å². The molecule has 0 aromatic carbocycles. The molecule has 0 unspecified atom stereocenters. The molecule has 0 aromatic rings. The van der Waals surface area contributed by atoms with E-state index in [1.807, 2.05) is 0 Å². The largest absolute Gasteiger partial charge is 0.467 e. The molecule has 5 heteroatoms. The van der Waals surface area contributed by atoms with Gasteiger partial charge in [0.15, 0.2) is 0 Å². The van der Waals surface area contributed by atoms with Crippen LogP contribution in [-0.2, 0) is 14.3 Å². The molecular formula is C12H22N2O3. The Morgan fingerprint density at radius 1 is 1.35 bits per heavy atom. The average Bonchev–Trinajstić information content (AvgIpc) is 2.38. The van der Waals surface area contributed by atoms with Gasteiger partial charge in [-0.1, -0.05) is 32.1 Å². The Morgan fingerprint density at radius 2 is 2.00 bits per heavy atom. The van der Waals surface area contributed by atoms with Gasteiger partial charge in [-0.25, -0.2) is 4.79 Å². The number of esters is 1. The summed E-state index contributed by atoms with van der Waals surface area (Å²) in [6.07, 6.45) is 6.62. The number of amides is 1. The van der Waals surface area contributed by atoms with Gasteiger partial charge in [0, 0.05) is 0 Å². The van der Waals surface area contributed by atoms with Crippen molar-refractivity contribution in [3.8, 4) is 0 Å². The maximum absolute atomic E-state index is 11.6. The van der Waals surface area contributed by atoms with Crippen LogP contribution < -0.4 is 11.1 Å². The minimum atomic E-state index is -0.542. The number of carbonyl (C=O) groups is 2. The Balaban J connectivity index is 2.49. The van der Waals surface area contributed by atoms with Gasteiger partial charge in [0.2, 0.25) is 5.91 Å². The molecule has 1 atom stereocenters. The number of hydrogen-bond donors (Lipinski definition) is 2. The summed E-state index contributed by atoms with van der Waals surface area (Å²) >= 11 is 0. The lowest BCUT2D eigenvalue weighted by molar-refractivity contribution is -0.145. The summed E-state index contributed by atoms with van der Waals surface area (Å²) in [5, 5.41) is 2.63. The molecule has 1 rings (SSSR count). The third-order valence-electron chi connectivity index (χ3n) is 3.30. The number of hydrogen-bond acceptors (Lipinski definition) is 4. The van der Waals surface area contributed by atoms with E-state index in [1.54, 1.807) is 0 Å². The van der Waals surface area contributed by atoms with Crippen molar-refractivity contribution < 1.29 is 14.3 Å². The molecule has 0 aliphatic heterocycles. The predicted molar refractivity (Wildman–Crippen MR) is 64.2 cm³/mol. The first kappa shape index (κ1) is 14.0. The van der Waals surface area contributed by atoms with E-state index in [-0.39, 0.29) is 18.4 Å². The minimum Gasteiger partial charge on any atom is -0.467 e. The van der Waals surface area contributed by atoms with Gasteiger partial charge in [0.1, 0.15) is 6.04 Å². The van der Waals surface area contributed by atoms with E-state index in [1.165, 1.54) is 26.4 Å². The van der Waals surface area contributed by atoms with Gasteiger partial charge in [0.25, 0.3) is 0 Å². The second-order valence-electron chi connectivity index (χ2n) is 4.59. The zero-order chi connectivity index (χ0) is 12.7. The van der Waals surface area contributed by atoms with E-state index < -0.39 is 6.04 Å². The highest BCUT2D eigenvalue weighted by Gasteiger charge is 2.25. The number of nitrogens with one attached hydrogen (secondary N) is 1. The molecule has 3 N–H and O–H groups in total. The molecule has 0 radical (unpaired) electrons. The number of ether oxygens (including phenoxy) is 1. The molecule has 1 aliphatic rings. The zero-order valence-corrected chi connectivity index (χ0v) is 10.4. The first-order chi connectivity index (χ1) is 8.17. The fourth-order valence-electron chi connectivity index (χ4n) is 2.37. The van der Waals surface area contributed by atoms with Crippen molar-refractivity contribution >= 4 is 11.9 Å². The van der Waals surface area contributed by atoms with Crippen LogP contribution in [0.2, 0.25) is 0 Å². The molecule has 0 bridgehead atoms. The Bertz CT molecular complexity index is 262. The number of methoxy groups -OCH3 is 1. The standard InChI is InChI=1S/C12H22N2O3/c1-17-12(16)10(14-11(15)8-13)7-9-5-3-2-4-6-9/h9-10H,2-8,13H2,1H3,(H,14,15)/t10-/m0/s1. The number of carbonyl (C=O) groups excluding carboxylic acids is 2. The Kier molecular flexibility index (Phi) is 5.97. The fraction of sp³-hybridized carbons (Fsp3) is 0.833. The molecule has 5 nitrogen and oxygen atoms in total. The van der Waals surface area contributed by atoms with Crippen molar-refractivity contribution in [2.45, 2.75) is 44.6 Å². The second-order valence-corrected chi connectivity index (χ2v) is 4.59. The lowest BCUT2D eigenvalue weighted by Gasteiger charge is -2.25. The lowest BCUT2D eigenvalue weighted by Crippen LogP contribution is -2.45. The normalized spacial score (nSPS) is 18.5. The average molecular weight is 242 g/mol. The first-order valence-electron chi connectivity index (χ1n) is 6.24. The van der Waals surface area contributed by atoms with Gasteiger partial charge in [0.05, 0.1) is 13.7 Å². The van der Waals surface area contributed by atoms with Crippen molar-refractivity contribution in [3.63, 3.8) is 0 Å². The summed E-state index contributed by atoms with van der Waals surface area (Å²) in [6, 6.07) is -0.542. The van der Waals surface area contributed by atoms with E-state index in [0.29, 0.717) is 12.3 Å². The number of rotatable bonds is 5. The molecule has 0 aromatic heterocycles. The van der Waals surface area contributed by atoms with Crippen molar-refractivity contribution in [2.75, 3.05) is 13.7 Å². The topological polar surface area (TPSA) is 81.4 Å². The summed E-state index contributed by atoms with van der Waals surface area (Å²) in [4.78, 5) is 22.8. The van der Waals surface area contributed by atoms with Crippen molar-refractivity contribution in [1.82, 2.24) is 5.32 Å². The molecular weight excluding hydrogens is 220 g/mol. The summed E-state index contributed by atoms with van der Waals surface area (Å²) in [5.41, 5.74) is 5.23. The van der Waals surface area contributed by atoms with Crippen LogP contribution >= 0.6 is 0 Å². The van der Waals surface area contributed by atoms with Crippen LogP contribution in [0.3, 0.4) is 0 Å². The first-order valence-corrected chi connectivity index (χ1v) is 6.24. The van der Waals surface area contributed by atoms with E-state index >= 15 is 0 Å². The van der Waals surface area contributed by atoms with Crippen LogP contribution in [0, 0.1) is 5.92 Å². The molecule has 98 valence electrons. The second kappa shape index (κ2) is 7.27. The van der Waals surface area contributed by atoms with Crippen LogP contribution in [0.5, 0.6) is 0 Å². The predicted octanol–water partition coefficient (Wildman–Crippen LogP) is 0.573. The maximum Gasteiger partial charge on any atom is 0.328 e. The Morgan fingerprint density at radius 3 is 2.53 bits per heavy atom. The summed E-state index contributed by atoms with van der Waals surface area (Å²) in [5.74, 6) is -0.181. The van der Waals surface area contributed by atoms with Crippen molar-refractivity contribution in [1.29, 1.82) is 0 Å². The third-order valence-corrected chi connectivity index (χ3v) is 3.30. The highest BCUT2D eigenvalue weighted by Crippen LogP contribution is 2.27. The molecule has 1 fully saturated rings. The van der Waals surface area contributed by atoms with Crippen LogP contribution in [0.15, 0.2) is 0 Å². The summed E-state index contributed by atoms with van der Waals surface area (Å²) in [6.45, 7) is -0.0990. The van der Waals surface area contributed by atoms with Gasteiger partial charge in [-0.15, -0.1) is 0 Å². The molecule has 17 heavy (non-hydrogen) atoms. The molecule has 1 amide bonds. The van der Waals surface area contributed by atoms with E-state index in [0.717, 1.165) is 12.8 Å². The molecule has 0 spiro atoms. The fourth-order valence-corrected chi connectivity index (χ4v) is 2.37. The van der Waals surface area contributed by atoms with E-state index in [9.17, 15) is 9.59 Å². The van der Waals surface area contributed by atoms with Gasteiger partial charge in [-0.3, -0.25) is 4.79 Å². The summed E-state index contributed by atoms with van der Waals surface area (Å²) < 4.78 is 4.70. The van der Waals surface area contributed by atoms with Crippen molar-refractivity contribution in [2.24, 2.45) is 11.7 Å². The SMILES string of the molecule is COC(=O)[C@H](CC1CCCCC1)NC(=O)CN. The van der Waals surface area contributed by atoms with Crippen LogP contribution in [0.1, 0.15) is 38.5 Å². The monoisotopic (exact) mass is 242 g/mol. The van der Waals surface area contributed by atoms with Gasteiger partial charge in [-0.2, -0.15) is 0 Å². The van der Waals surface area contributed by atoms with Gasteiger partial charge in [-0.05, 0) is 12.3 Å². The minimum absolute atomic E-state index is 0.0990. The van der Waals surface area contributed by atoms with Crippen molar-refractivity contribution in [3.05, 3.63) is 0 Å². The maximum atomic E-state index is 11.6. The van der Waals surface area contributed by atoms with E-state index in [2.05, 4.69) is 5.32 Å². The van der Waals surface area contributed by atoms with Crippen LogP contribution in [-0.4, -0.2) is 31.6 Å². The highest BCUT2D eigenvalue weighted by molar-refractivity contribution is 5.85. The summed E-state index contributed by atoms with van der Waals surface area (Å²) in [7, 11) is 1.34. The molecule has 0 heterocycles. The Hall–Kier alpha value is -1.10. The van der Waals surface area contributed by atoms with E-state index in [4.69, 9.17) is 10.5 Å². The van der Waals surface area contributed by atoms with Crippen LogP contribution in [0.25, 0.3) is 0 Å². The smallest absolute Gasteiger partial charge is 0.328 e. The number of nitrogens with two attached hydrogens (primary N) is 1. The molecule has 1 aliphatic carbocycles. The lowest BCUT2D eigenvalue weighted by atomic mass is 9.85. The van der Waals surface area contributed by atoms with Gasteiger partial charge >= 0.3 is 5.97 Å². The quantitative estimate of drug-likeness (QED) is 0.691. The molecule has 0 saturated heterocycles. The third kappa shape index (κ3) is 4.73. The van der Waals surface area contributed by atoms with Gasteiger partial charge < -0.3 is 15.8 Å². The highest BCUT2D eigenvalue weighted by atomic mass is 16.5. The molecule has 1 saturated carbocycles. The Labute approximate surface area is 102 Å².